The van der Waals surface area contributed by atoms with Crippen LogP contribution in [0.3, 0.4) is 0 Å². The highest BCUT2D eigenvalue weighted by Crippen LogP contribution is 2.30. The summed E-state index contributed by atoms with van der Waals surface area (Å²) in [6.07, 6.45) is 1.07. The first kappa shape index (κ1) is 12.2. The minimum atomic E-state index is 0.558. The molecule has 0 fully saturated rings. The first-order valence-corrected chi connectivity index (χ1v) is 6.69. The number of H-pyrrole nitrogens is 1. The molecule has 0 saturated heterocycles. The molecule has 1 nitrogen and oxygen atoms in total. The Kier molecular flexibility index (Phi) is 3.28. The number of rotatable bonds is 3. The Morgan fingerprint density at radius 3 is 2.24 bits per heavy atom. The molecule has 0 aliphatic carbocycles. The van der Waals surface area contributed by atoms with Crippen LogP contribution in [-0.4, -0.2) is 4.98 Å². The van der Waals surface area contributed by atoms with Crippen LogP contribution in [0.4, 0.5) is 0 Å². The maximum Gasteiger partial charge on any atom is 0.0255 e. The molecule has 0 unspecified atom stereocenters. The first-order chi connectivity index (χ1) is 8.04. The molecule has 1 heterocycles. The van der Waals surface area contributed by atoms with Crippen LogP contribution in [0.15, 0.2) is 18.2 Å². The number of aromatic amines is 1. The lowest BCUT2D eigenvalue weighted by Crippen LogP contribution is -1.88. The van der Waals surface area contributed by atoms with Crippen molar-refractivity contribution in [2.75, 3.05) is 0 Å². The van der Waals surface area contributed by atoms with Gasteiger partial charge < -0.3 is 4.98 Å². The quantitative estimate of drug-likeness (QED) is 0.764. The van der Waals surface area contributed by atoms with Gasteiger partial charge in [0.25, 0.3) is 0 Å². The summed E-state index contributed by atoms with van der Waals surface area (Å²) in [6.45, 7) is 11.2. The van der Waals surface area contributed by atoms with E-state index in [4.69, 9.17) is 0 Å². The van der Waals surface area contributed by atoms with Gasteiger partial charge in [0, 0.05) is 22.2 Å². The topological polar surface area (TPSA) is 15.8 Å². The van der Waals surface area contributed by atoms with Crippen molar-refractivity contribution in [3.05, 3.63) is 35.2 Å². The number of aryl methyl sites for hydroxylation is 1. The van der Waals surface area contributed by atoms with Crippen LogP contribution in [0.1, 0.15) is 63.4 Å². The highest BCUT2D eigenvalue weighted by Gasteiger charge is 2.12. The lowest BCUT2D eigenvalue weighted by Gasteiger charge is -2.06. The van der Waals surface area contributed by atoms with Crippen LogP contribution in [0.25, 0.3) is 10.8 Å². The lowest BCUT2D eigenvalue weighted by atomic mass is 9.98. The van der Waals surface area contributed by atoms with Crippen LogP contribution < -0.4 is 0 Å². The van der Waals surface area contributed by atoms with Crippen molar-refractivity contribution in [1.82, 2.24) is 4.98 Å². The Morgan fingerprint density at radius 1 is 1.00 bits per heavy atom. The zero-order valence-corrected chi connectivity index (χ0v) is 11.6. The first-order valence-electron chi connectivity index (χ1n) is 6.69. The van der Waals surface area contributed by atoms with Crippen molar-refractivity contribution >= 4 is 10.8 Å². The molecule has 2 aromatic rings. The molecule has 1 N–H and O–H groups in total. The molecule has 0 spiro atoms. The van der Waals surface area contributed by atoms with Crippen LogP contribution in [0, 0.1) is 0 Å². The van der Waals surface area contributed by atoms with E-state index in [1.807, 2.05) is 0 Å². The molecular formula is C16H23N. The zero-order chi connectivity index (χ0) is 12.6. The Hall–Kier alpha value is -1.24. The van der Waals surface area contributed by atoms with Gasteiger partial charge >= 0.3 is 0 Å². The Balaban J connectivity index is 2.68. The molecule has 0 saturated carbocycles. The van der Waals surface area contributed by atoms with Gasteiger partial charge in [-0.05, 0) is 29.9 Å². The summed E-state index contributed by atoms with van der Waals surface area (Å²) < 4.78 is 0. The fourth-order valence-electron chi connectivity index (χ4n) is 2.44. The van der Waals surface area contributed by atoms with Crippen molar-refractivity contribution in [2.24, 2.45) is 0 Å². The van der Waals surface area contributed by atoms with Gasteiger partial charge in [-0.1, -0.05) is 46.8 Å². The zero-order valence-electron chi connectivity index (χ0n) is 11.6. The molecule has 0 aliphatic rings. The molecule has 1 heteroatoms. The molecule has 0 aliphatic heterocycles. The summed E-state index contributed by atoms with van der Waals surface area (Å²) in [5.74, 6) is 1.16. The second-order valence-electron chi connectivity index (χ2n) is 5.49. The lowest BCUT2D eigenvalue weighted by molar-refractivity contribution is 0.830. The SMILES string of the molecule is CCc1[nH]c(C(C)C)c2ccc(C(C)C)cc12. The van der Waals surface area contributed by atoms with E-state index in [0.29, 0.717) is 11.8 Å². The predicted molar refractivity (Wildman–Crippen MR) is 75.9 cm³/mol. The van der Waals surface area contributed by atoms with Crippen molar-refractivity contribution in [2.45, 2.75) is 52.9 Å². The van der Waals surface area contributed by atoms with Gasteiger partial charge in [0.1, 0.15) is 0 Å². The third-order valence-corrected chi connectivity index (χ3v) is 3.54. The molecule has 0 atom stereocenters. The Bertz CT molecular complexity index is 518. The Labute approximate surface area is 104 Å². The van der Waals surface area contributed by atoms with Crippen molar-refractivity contribution < 1.29 is 0 Å². The van der Waals surface area contributed by atoms with E-state index in [1.165, 1.54) is 27.7 Å². The van der Waals surface area contributed by atoms with E-state index in [0.717, 1.165) is 6.42 Å². The minimum absolute atomic E-state index is 0.558. The van der Waals surface area contributed by atoms with E-state index < -0.39 is 0 Å². The third-order valence-electron chi connectivity index (χ3n) is 3.54. The van der Waals surface area contributed by atoms with Crippen LogP contribution in [-0.2, 0) is 6.42 Å². The molecule has 0 amide bonds. The third kappa shape index (κ3) is 2.11. The molecule has 1 aromatic carbocycles. The van der Waals surface area contributed by atoms with Crippen molar-refractivity contribution in [3.63, 3.8) is 0 Å². The number of benzene rings is 1. The van der Waals surface area contributed by atoms with Gasteiger partial charge in [-0.2, -0.15) is 0 Å². The van der Waals surface area contributed by atoms with Gasteiger partial charge in [-0.25, -0.2) is 0 Å². The van der Waals surface area contributed by atoms with Gasteiger partial charge in [-0.15, -0.1) is 0 Å². The number of aromatic nitrogens is 1. The molecule has 0 radical (unpaired) electrons. The molecule has 2 rings (SSSR count). The summed E-state index contributed by atoms with van der Waals surface area (Å²) >= 11 is 0. The van der Waals surface area contributed by atoms with E-state index >= 15 is 0 Å². The van der Waals surface area contributed by atoms with E-state index in [2.05, 4.69) is 57.8 Å². The maximum absolute atomic E-state index is 3.60. The van der Waals surface area contributed by atoms with Gasteiger partial charge in [-0.3, -0.25) is 0 Å². The standard InChI is InChI=1S/C16H23N/c1-6-15-14-9-12(10(2)3)7-8-13(14)16(17-15)11(4)5/h7-11,17H,6H2,1-5H3. The van der Waals surface area contributed by atoms with E-state index in [9.17, 15) is 0 Å². The predicted octanol–water partition coefficient (Wildman–Crippen LogP) is 4.98. The van der Waals surface area contributed by atoms with Gasteiger partial charge in [0.05, 0.1) is 0 Å². The van der Waals surface area contributed by atoms with Crippen LogP contribution in [0.2, 0.25) is 0 Å². The van der Waals surface area contributed by atoms with Gasteiger partial charge in [0.15, 0.2) is 0 Å². The van der Waals surface area contributed by atoms with Gasteiger partial charge in [0.2, 0.25) is 0 Å². The highest BCUT2D eigenvalue weighted by molar-refractivity contribution is 5.89. The van der Waals surface area contributed by atoms with Crippen LogP contribution >= 0.6 is 0 Å². The average molecular weight is 229 g/mol. The summed E-state index contributed by atoms with van der Waals surface area (Å²) in [5.41, 5.74) is 4.19. The fraction of sp³-hybridized carbons (Fsp3) is 0.500. The summed E-state index contributed by atoms with van der Waals surface area (Å²) in [6, 6.07) is 6.92. The normalized spacial score (nSPS) is 11.9. The summed E-state index contributed by atoms with van der Waals surface area (Å²) in [7, 11) is 0. The molecule has 17 heavy (non-hydrogen) atoms. The number of hydrogen-bond acceptors (Lipinski definition) is 0. The summed E-state index contributed by atoms with van der Waals surface area (Å²) in [4.78, 5) is 3.60. The smallest absolute Gasteiger partial charge is 0.0255 e. The van der Waals surface area contributed by atoms with Crippen molar-refractivity contribution in [3.8, 4) is 0 Å². The number of fused-ring (bicyclic) bond motifs is 1. The minimum Gasteiger partial charge on any atom is -0.361 e. The number of nitrogens with one attached hydrogen (secondary N) is 1. The average Bonchev–Trinajstić information content (AvgIpc) is 2.66. The molecule has 1 aromatic heterocycles. The fourth-order valence-corrected chi connectivity index (χ4v) is 2.44. The maximum atomic E-state index is 3.60. The highest BCUT2D eigenvalue weighted by atomic mass is 14.7. The largest absolute Gasteiger partial charge is 0.361 e. The molecule has 92 valence electrons. The van der Waals surface area contributed by atoms with E-state index in [-0.39, 0.29) is 0 Å². The number of hydrogen-bond donors (Lipinski definition) is 1. The monoisotopic (exact) mass is 229 g/mol. The van der Waals surface area contributed by atoms with E-state index in [1.54, 1.807) is 0 Å². The second kappa shape index (κ2) is 4.56. The Morgan fingerprint density at radius 2 is 1.71 bits per heavy atom. The van der Waals surface area contributed by atoms with Crippen LogP contribution in [0.5, 0.6) is 0 Å². The summed E-state index contributed by atoms with van der Waals surface area (Å²) in [5, 5.41) is 2.82. The second-order valence-corrected chi connectivity index (χ2v) is 5.49. The molecule has 0 bridgehead atoms. The van der Waals surface area contributed by atoms with Crippen molar-refractivity contribution in [1.29, 1.82) is 0 Å². The molecular weight excluding hydrogens is 206 g/mol.